The quantitative estimate of drug-likeness (QED) is 0.697. The number of hydrogen-bond donors (Lipinski definition) is 0. The predicted molar refractivity (Wildman–Crippen MR) is 55.7 cm³/mol. The topological polar surface area (TPSA) is 35.5 Å². The van der Waals surface area contributed by atoms with Gasteiger partial charge in [-0.05, 0) is 30.5 Å². The molecule has 1 aromatic carbocycles. The average Bonchev–Trinajstić information content (AvgIpc) is 2.29. The molecule has 0 radical (unpaired) electrons. The Balaban J connectivity index is 2.17. The maximum atomic E-state index is 11.1. The lowest BCUT2D eigenvalue weighted by Gasteiger charge is -2.22. The normalized spacial score (nSPS) is 20.9. The fourth-order valence-corrected chi connectivity index (χ4v) is 1.78. The van der Waals surface area contributed by atoms with Gasteiger partial charge in [0, 0.05) is 6.42 Å². The summed E-state index contributed by atoms with van der Waals surface area (Å²) < 4.78 is 10.4. The Morgan fingerprint density at radius 1 is 1.47 bits per heavy atom. The molecule has 1 aliphatic heterocycles. The molecule has 0 aromatic heterocycles. The molecule has 1 saturated heterocycles. The highest BCUT2D eigenvalue weighted by molar-refractivity contribution is 5.70. The maximum Gasteiger partial charge on any atom is 0.306 e. The number of esters is 1. The number of rotatable bonds is 2. The van der Waals surface area contributed by atoms with E-state index in [9.17, 15) is 4.79 Å². The minimum Gasteiger partial charge on any atom is -0.497 e. The van der Waals surface area contributed by atoms with Gasteiger partial charge in [-0.1, -0.05) is 12.1 Å². The van der Waals surface area contributed by atoms with E-state index in [4.69, 9.17) is 9.47 Å². The zero-order valence-electron chi connectivity index (χ0n) is 8.73. The predicted octanol–water partition coefficient (Wildman–Crippen LogP) is 2.46. The number of benzene rings is 1. The Bertz CT molecular complexity index is 360. The van der Waals surface area contributed by atoms with Crippen molar-refractivity contribution in [2.75, 3.05) is 7.11 Å². The van der Waals surface area contributed by atoms with Gasteiger partial charge in [-0.25, -0.2) is 0 Å². The van der Waals surface area contributed by atoms with Crippen LogP contribution in [0, 0.1) is 0 Å². The maximum absolute atomic E-state index is 11.1. The standard InChI is InChI=1S/C12H14O3/c1-14-10-5-2-4-9(8-10)11-6-3-7-12(13)15-11/h2,4-5,8,11H,3,6-7H2,1H3/t11-/m0/s1. The summed E-state index contributed by atoms with van der Waals surface area (Å²) in [4.78, 5) is 11.1. The van der Waals surface area contributed by atoms with Gasteiger partial charge in [0.2, 0.25) is 0 Å². The van der Waals surface area contributed by atoms with Gasteiger partial charge in [0.05, 0.1) is 7.11 Å². The molecular weight excluding hydrogens is 192 g/mol. The van der Waals surface area contributed by atoms with Crippen molar-refractivity contribution in [2.45, 2.75) is 25.4 Å². The van der Waals surface area contributed by atoms with Crippen LogP contribution in [0.15, 0.2) is 24.3 Å². The lowest BCUT2D eigenvalue weighted by atomic mass is 10.0. The van der Waals surface area contributed by atoms with E-state index in [1.807, 2.05) is 24.3 Å². The molecule has 80 valence electrons. The van der Waals surface area contributed by atoms with Gasteiger partial charge in [0.1, 0.15) is 11.9 Å². The van der Waals surface area contributed by atoms with Crippen molar-refractivity contribution >= 4 is 5.97 Å². The SMILES string of the molecule is COc1cccc([C@@H]2CCCC(=O)O2)c1. The van der Waals surface area contributed by atoms with Crippen molar-refractivity contribution in [3.63, 3.8) is 0 Å². The van der Waals surface area contributed by atoms with Crippen LogP contribution < -0.4 is 4.74 Å². The summed E-state index contributed by atoms with van der Waals surface area (Å²) >= 11 is 0. The van der Waals surface area contributed by atoms with Gasteiger partial charge < -0.3 is 9.47 Å². The van der Waals surface area contributed by atoms with Gasteiger partial charge in [0.15, 0.2) is 0 Å². The molecule has 2 rings (SSSR count). The van der Waals surface area contributed by atoms with Crippen LogP contribution in [0.1, 0.15) is 30.9 Å². The van der Waals surface area contributed by atoms with E-state index < -0.39 is 0 Å². The minimum absolute atomic E-state index is 0.0960. The summed E-state index contributed by atoms with van der Waals surface area (Å²) in [6.07, 6.45) is 2.25. The molecule has 3 heteroatoms. The van der Waals surface area contributed by atoms with Crippen LogP contribution in [0.2, 0.25) is 0 Å². The van der Waals surface area contributed by atoms with Crippen LogP contribution in [-0.4, -0.2) is 13.1 Å². The average molecular weight is 206 g/mol. The third-order valence-corrected chi connectivity index (χ3v) is 2.59. The molecule has 1 heterocycles. The summed E-state index contributed by atoms with van der Waals surface area (Å²) in [7, 11) is 1.63. The van der Waals surface area contributed by atoms with E-state index in [1.54, 1.807) is 7.11 Å². The van der Waals surface area contributed by atoms with Gasteiger partial charge in [0.25, 0.3) is 0 Å². The first-order valence-corrected chi connectivity index (χ1v) is 5.13. The smallest absolute Gasteiger partial charge is 0.306 e. The third kappa shape index (κ3) is 2.29. The van der Waals surface area contributed by atoms with Crippen LogP contribution in [0.5, 0.6) is 5.75 Å². The molecule has 0 saturated carbocycles. The highest BCUT2D eigenvalue weighted by Gasteiger charge is 2.21. The number of cyclic esters (lactones) is 1. The van der Waals surface area contributed by atoms with Gasteiger partial charge in [-0.3, -0.25) is 4.79 Å². The lowest BCUT2D eigenvalue weighted by molar-refractivity contribution is -0.154. The molecule has 1 aromatic rings. The van der Waals surface area contributed by atoms with E-state index in [2.05, 4.69) is 0 Å². The Morgan fingerprint density at radius 2 is 2.33 bits per heavy atom. The van der Waals surface area contributed by atoms with Crippen molar-refractivity contribution in [1.29, 1.82) is 0 Å². The fourth-order valence-electron chi connectivity index (χ4n) is 1.78. The van der Waals surface area contributed by atoms with Crippen molar-refractivity contribution in [2.24, 2.45) is 0 Å². The van der Waals surface area contributed by atoms with Gasteiger partial charge >= 0.3 is 5.97 Å². The number of carbonyl (C=O) groups is 1. The molecule has 0 bridgehead atoms. The van der Waals surface area contributed by atoms with Crippen molar-refractivity contribution in [3.8, 4) is 5.75 Å². The molecule has 15 heavy (non-hydrogen) atoms. The third-order valence-electron chi connectivity index (χ3n) is 2.59. The first-order chi connectivity index (χ1) is 7.29. The summed E-state index contributed by atoms with van der Waals surface area (Å²) in [6.45, 7) is 0. The van der Waals surface area contributed by atoms with Gasteiger partial charge in [-0.15, -0.1) is 0 Å². The van der Waals surface area contributed by atoms with Crippen molar-refractivity contribution in [3.05, 3.63) is 29.8 Å². The zero-order chi connectivity index (χ0) is 10.7. The fraction of sp³-hybridized carbons (Fsp3) is 0.417. The van der Waals surface area contributed by atoms with E-state index in [1.165, 1.54) is 0 Å². The second-order valence-corrected chi connectivity index (χ2v) is 3.65. The molecule has 3 nitrogen and oxygen atoms in total. The first kappa shape index (κ1) is 10.0. The van der Waals surface area contributed by atoms with E-state index in [0.717, 1.165) is 24.2 Å². The van der Waals surface area contributed by atoms with Crippen molar-refractivity contribution in [1.82, 2.24) is 0 Å². The summed E-state index contributed by atoms with van der Waals surface area (Å²) in [5.74, 6) is 0.697. The van der Waals surface area contributed by atoms with Crippen LogP contribution in [0.3, 0.4) is 0 Å². The van der Waals surface area contributed by atoms with Crippen LogP contribution in [0.25, 0.3) is 0 Å². The molecule has 1 aliphatic rings. The summed E-state index contributed by atoms with van der Waals surface area (Å²) in [5, 5.41) is 0. The molecule has 1 fully saturated rings. The number of ether oxygens (including phenoxy) is 2. The molecule has 0 aliphatic carbocycles. The van der Waals surface area contributed by atoms with E-state index in [0.29, 0.717) is 6.42 Å². The molecule has 0 amide bonds. The van der Waals surface area contributed by atoms with Crippen LogP contribution in [-0.2, 0) is 9.53 Å². The lowest BCUT2D eigenvalue weighted by Crippen LogP contribution is -2.16. The number of methoxy groups -OCH3 is 1. The minimum atomic E-state index is -0.103. The van der Waals surface area contributed by atoms with E-state index >= 15 is 0 Å². The second-order valence-electron chi connectivity index (χ2n) is 3.65. The molecular formula is C12H14O3. The Hall–Kier alpha value is -1.51. The van der Waals surface area contributed by atoms with Gasteiger partial charge in [-0.2, -0.15) is 0 Å². The molecule has 1 atom stereocenters. The molecule has 0 spiro atoms. The largest absolute Gasteiger partial charge is 0.497 e. The molecule has 0 unspecified atom stereocenters. The zero-order valence-corrected chi connectivity index (χ0v) is 8.73. The number of hydrogen-bond acceptors (Lipinski definition) is 3. The monoisotopic (exact) mass is 206 g/mol. The highest BCUT2D eigenvalue weighted by atomic mass is 16.5. The highest BCUT2D eigenvalue weighted by Crippen LogP contribution is 2.30. The Labute approximate surface area is 89.0 Å². The summed E-state index contributed by atoms with van der Waals surface area (Å²) in [5.41, 5.74) is 1.02. The molecule has 0 N–H and O–H groups in total. The first-order valence-electron chi connectivity index (χ1n) is 5.13. The second kappa shape index (κ2) is 4.34. The van der Waals surface area contributed by atoms with Crippen molar-refractivity contribution < 1.29 is 14.3 Å². The van der Waals surface area contributed by atoms with E-state index in [-0.39, 0.29) is 12.1 Å². The number of carbonyl (C=O) groups excluding carboxylic acids is 1. The Morgan fingerprint density at radius 3 is 3.07 bits per heavy atom. The van der Waals surface area contributed by atoms with Crippen LogP contribution in [0.4, 0.5) is 0 Å². The van der Waals surface area contributed by atoms with Crippen LogP contribution >= 0.6 is 0 Å². The Kier molecular flexibility index (Phi) is 2.90. The summed E-state index contributed by atoms with van der Waals surface area (Å²) in [6, 6.07) is 7.68.